The van der Waals surface area contributed by atoms with Crippen molar-refractivity contribution in [3.05, 3.63) is 22.5 Å². The average Bonchev–Trinajstić information content (AvgIpc) is 3.34. The summed E-state index contributed by atoms with van der Waals surface area (Å²) in [6, 6.07) is 1.72. The van der Waals surface area contributed by atoms with E-state index in [0.29, 0.717) is 22.7 Å². The van der Waals surface area contributed by atoms with E-state index in [0.717, 1.165) is 23.6 Å². The zero-order chi connectivity index (χ0) is 12.8. The third-order valence-electron chi connectivity index (χ3n) is 3.33. The summed E-state index contributed by atoms with van der Waals surface area (Å²) in [6.07, 6.45) is 4.60. The highest BCUT2D eigenvalue weighted by atomic mass is 32.1. The highest BCUT2D eigenvalue weighted by Crippen LogP contribution is 2.42. The van der Waals surface area contributed by atoms with Crippen LogP contribution in [0.4, 0.5) is 5.13 Å². The third-order valence-corrected chi connectivity index (χ3v) is 4.33. The molecular formula is C12H12N4O2S. The monoisotopic (exact) mass is 276 g/mol. The maximum absolute atomic E-state index is 12.0. The molecule has 0 aromatic carbocycles. The Morgan fingerprint density at radius 3 is 2.79 bits per heavy atom. The molecule has 7 heteroatoms. The van der Waals surface area contributed by atoms with Crippen LogP contribution in [0.3, 0.4) is 0 Å². The van der Waals surface area contributed by atoms with Crippen LogP contribution in [0, 0.1) is 0 Å². The summed E-state index contributed by atoms with van der Waals surface area (Å²) in [6.45, 7) is 0. The predicted molar refractivity (Wildman–Crippen MR) is 68.3 cm³/mol. The second-order valence-electron chi connectivity index (χ2n) is 5.06. The second kappa shape index (κ2) is 4.12. The summed E-state index contributed by atoms with van der Waals surface area (Å²) in [7, 11) is 0. The Bertz CT molecular complexity index is 627. The SMILES string of the molecule is O=C(Nc1nnc(C2CC2)s1)c1cc(C2CC2)on1. The molecule has 2 aromatic heterocycles. The average molecular weight is 276 g/mol. The highest BCUT2D eigenvalue weighted by Gasteiger charge is 2.30. The van der Waals surface area contributed by atoms with E-state index < -0.39 is 0 Å². The second-order valence-corrected chi connectivity index (χ2v) is 6.07. The Hall–Kier alpha value is -1.76. The molecule has 0 bridgehead atoms. The first-order chi connectivity index (χ1) is 9.29. The molecular weight excluding hydrogens is 264 g/mol. The summed E-state index contributed by atoms with van der Waals surface area (Å²) in [5.74, 6) is 1.53. The van der Waals surface area contributed by atoms with Crippen molar-refractivity contribution in [3.8, 4) is 0 Å². The van der Waals surface area contributed by atoms with Crippen LogP contribution in [0.5, 0.6) is 0 Å². The van der Waals surface area contributed by atoms with Crippen LogP contribution in [0.1, 0.15) is 58.8 Å². The van der Waals surface area contributed by atoms with E-state index in [1.165, 1.54) is 24.2 Å². The lowest BCUT2D eigenvalue weighted by Gasteiger charge is -1.94. The molecule has 0 spiro atoms. The first-order valence-corrected chi connectivity index (χ1v) is 7.22. The zero-order valence-corrected chi connectivity index (χ0v) is 10.9. The largest absolute Gasteiger partial charge is 0.360 e. The molecule has 98 valence electrons. The molecule has 2 aliphatic rings. The summed E-state index contributed by atoms with van der Waals surface area (Å²) >= 11 is 1.44. The van der Waals surface area contributed by atoms with Gasteiger partial charge in [-0.25, -0.2) is 0 Å². The molecule has 19 heavy (non-hydrogen) atoms. The Balaban J connectivity index is 1.46. The number of hydrogen-bond acceptors (Lipinski definition) is 6. The fourth-order valence-electron chi connectivity index (χ4n) is 1.90. The lowest BCUT2D eigenvalue weighted by atomic mass is 10.3. The predicted octanol–water partition coefficient (Wildman–Crippen LogP) is 2.53. The molecule has 0 radical (unpaired) electrons. The number of carbonyl (C=O) groups excluding carboxylic acids is 1. The van der Waals surface area contributed by atoms with E-state index in [9.17, 15) is 4.79 Å². The Morgan fingerprint density at radius 2 is 2.05 bits per heavy atom. The minimum Gasteiger partial charge on any atom is -0.360 e. The van der Waals surface area contributed by atoms with Gasteiger partial charge in [0.15, 0.2) is 5.69 Å². The van der Waals surface area contributed by atoms with Gasteiger partial charge in [0.2, 0.25) is 5.13 Å². The van der Waals surface area contributed by atoms with Crippen molar-refractivity contribution < 1.29 is 9.32 Å². The number of nitrogens with one attached hydrogen (secondary N) is 1. The van der Waals surface area contributed by atoms with Crippen molar-refractivity contribution in [3.63, 3.8) is 0 Å². The van der Waals surface area contributed by atoms with Crippen LogP contribution in [-0.2, 0) is 0 Å². The number of rotatable bonds is 4. The van der Waals surface area contributed by atoms with Gasteiger partial charge in [0, 0.05) is 17.9 Å². The zero-order valence-electron chi connectivity index (χ0n) is 10.1. The summed E-state index contributed by atoms with van der Waals surface area (Å²) < 4.78 is 5.16. The van der Waals surface area contributed by atoms with Gasteiger partial charge in [-0.1, -0.05) is 16.5 Å². The lowest BCUT2D eigenvalue weighted by Crippen LogP contribution is -2.11. The molecule has 1 amide bonds. The van der Waals surface area contributed by atoms with Gasteiger partial charge >= 0.3 is 0 Å². The lowest BCUT2D eigenvalue weighted by molar-refractivity contribution is 0.101. The molecule has 2 saturated carbocycles. The minimum atomic E-state index is -0.283. The van der Waals surface area contributed by atoms with Gasteiger partial charge in [0.1, 0.15) is 10.8 Å². The van der Waals surface area contributed by atoms with Crippen LogP contribution < -0.4 is 5.32 Å². The van der Waals surface area contributed by atoms with E-state index in [1.807, 2.05) is 0 Å². The fraction of sp³-hybridized carbons (Fsp3) is 0.500. The summed E-state index contributed by atoms with van der Waals surface area (Å²) in [4.78, 5) is 12.0. The van der Waals surface area contributed by atoms with Gasteiger partial charge in [0.05, 0.1) is 0 Å². The number of nitrogens with zero attached hydrogens (tertiary/aromatic N) is 3. The van der Waals surface area contributed by atoms with Crippen LogP contribution in [0.2, 0.25) is 0 Å². The maximum Gasteiger partial charge on any atom is 0.279 e. The van der Waals surface area contributed by atoms with E-state index >= 15 is 0 Å². The molecule has 4 rings (SSSR count). The number of anilines is 1. The molecule has 2 aromatic rings. The molecule has 0 aliphatic heterocycles. The molecule has 0 unspecified atom stereocenters. The Labute approximate surface area is 113 Å². The maximum atomic E-state index is 12.0. The first kappa shape index (κ1) is 11.1. The molecule has 0 atom stereocenters. The van der Waals surface area contributed by atoms with Gasteiger partial charge in [-0.3, -0.25) is 10.1 Å². The van der Waals surface area contributed by atoms with Crippen molar-refractivity contribution in [2.75, 3.05) is 5.32 Å². The molecule has 2 aliphatic carbocycles. The topological polar surface area (TPSA) is 80.9 Å². The Kier molecular flexibility index (Phi) is 2.41. The molecule has 6 nitrogen and oxygen atoms in total. The Morgan fingerprint density at radius 1 is 1.26 bits per heavy atom. The van der Waals surface area contributed by atoms with Crippen LogP contribution in [-0.4, -0.2) is 21.3 Å². The quantitative estimate of drug-likeness (QED) is 0.928. The molecule has 2 heterocycles. The standard InChI is InChI=1S/C12H12N4O2S/c17-10(8-5-9(18-16-8)6-1-2-6)13-12-15-14-11(19-12)7-3-4-7/h5-7H,1-4H2,(H,13,15,17). The van der Waals surface area contributed by atoms with E-state index in [2.05, 4.69) is 20.7 Å². The summed E-state index contributed by atoms with van der Waals surface area (Å²) in [5.41, 5.74) is 0.310. The highest BCUT2D eigenvalue weighted by molar-refractivity contribution is 7.15. The minimum absolute atomic E-state index is 0.283. The van der Waals surface area contributed by atoms with Gasteiger partial charge in [-0.05, 0) is 25.7 Å². The van der Waals surface area contributed by atoms with Crippen molar-refractivity contribution in [1.29, 1.82) is 0 Å². The molecule has 0 saturated heterocycles. The van der Waals surface area contributed by atoms with E-state index in [-0.39, 0.29) is 5.91 Å². The van der Waals surface area contributed by atoms with Crippen molar-refractivity contribution >= 4 is 22.4 Å². The first-order valence-electron chi connectivity index (χ1n) is 6.41. The van der Waals surface area contributed by atoms with Gasteiger partial charge in [-0.2, -0.15) is 0 Å². The third kappa shape index (κ3) is 2.25. The van der Waals surface area contributed by atoms with Crippen molar-refractivity contribution in [2.24, 2.45) is 0 Å². The van der Waals surface area contributed by atoms with Gasteiger partial charge < -0.3 is 4.52 Å². The number of carbonyl (C=O) groups is 1. The fourth-order valence-corrected chi connectivity index (χ4v) is 2.81. The number of amides is 1. The van der Waals surface area contributed by atoms with Crippen LogP contribution in [0.15, 0.2) is 10.6 Å². The van der Waals surface area contributed by atoms with Gasteiger partial charge in [-0.15, -0.1) is 10.2 Å². The normalized spacial score (nSPS) is 18.5. The smallest absolute Gasteiger partial charge is 0.279 e. The number of hydrogen-bond donors (Lipinski definition) is 1. The molecule has 1 N–H and O–H groups in total. The van der Waals surface area contributed by atoms with Crippen LogP contribution in [0.25, 0.3) is 0 Å². The number of aromatic nitrogens is 3. The van der Waals surface area contributed by atoms with E-state index in [4.69, 9.17) is 4.52 Å². The van der Waals surface area contributed by atoms with Crippen molar-refractivity contribution in [2.45, 2.75) is 37.5 Å². The molecule has 2 fully saturated rings. The van der Waals surface area contributed by atoms with Gasteiger partial charge in [0.25, 0.3) is 5.91 Å². The summed E-state index contributed by atoms with van der Waals surface area (Å²) in [5, 5.41) is 16.1. The van der Waals surface area contributed by atoms with E-state index in [1.54, 1.807) is 6.07 Å². The van der Waals surface area contributed by atoms with Crippen LogP contribution >= 0.6 is 11.3 Å². The van der Waals surface area contributed by atoms with Crippen molar-refractivity contribution in [1.82, 2.24) is 15.4 Å².